The van der Waals surface area contributed by atoms with Gasteiger partial charge in [0, 0.05) is 19.5 Å². The summed E-state index contributed by atoms with van der Waals surface area (Å²) in [4.78, 5) is 66.2. The number of urea groups is 1. The van der Waals surface area contributed by atoms with Gasteiger partial charge in [0.15, 0.2) is 0 Å². The summed E-state index contributed by atoms with van der Waals surface area (Å²) in [6.45, 7) is 12.0. The zero-order chi connectivity index (χ0) is 23.2. The highest BCUT2D eigenvalue weighted by Crippen LogP contribution is 2.24. The first-order valence-corrected chi connectivity index (χ1v) is 10.6. The Morgan fingerprint density at radius 1 is 1.10 bits per heavy atom. The summed E-state index contributed by atoms with van der Waals surface area (Å²) in [5.74, 6) is -4.04. The number of carbonyl (C=O) groups excluding carboxylic acids is 5. The van der Waals surface area contributed by atoms with Crippen LogP contribution in [-0.4, -0.2) is 70.7 Å². The molecule has 0 radical (unpaired) electrons. The van der Waals surface area contributed by atoms with E-state index in [4.69, 9.17) is 4.74 Å². The average molecular weight is 426 g/mol. The van der Waals surface area contributed by atoms with E-state index in [0.717, 1.165) is 17.7 Å². The molecule has 30 heavy (non-hydrogen) atoms. The van der Waals surface area contributed by atoms with Crippen LogP contribution in [0.25, 0.3) is 0 Å². The molecule has 1 heterocycles. The maximum absolute atomic E-state index is 13.5. The van der Waals surface area contributed by atoms with Crippen LogP contribution in [0.1, 0.15) is 61.3 Å². The van der Waals surface area contributed by atoms with Crippen LogP contribution in [-0.2, 0) is 23.9 Å². The Morgan fingerprint density at radius 2 is 1.70 bits per heavy atom. The molecule has 1 rings (SSSR count). The predicted octanol–water partition coefficient (Wildman–Crippen LogP) is 1.74. The number of hydrogen-bond acceptors (Lipinski definition) is 6. The Labute approximate surface area is 178 Å². The van der Waals surface area contributed by atoms with Gasteiger partial charge >= 0.3 is 12.0 Å². The van der Waals surface area contributed by atoms with Gasteiger partial charge in [0.2, 0.25) is 5.91 Å². The van der Waals surface area contributed by atoms with Gasteiger partial charge in [-0.05, 0) is 38.5 Å². The second-order valence-corrected chi connectivity index (χ2v) is 8.37. The van der Waals surface area contributed by atoms with Crippen LogP contribution < -0.4 is 5.32 Å². The number of amides is 4. The van der Waals surface area contributed by atoms with Crippen LogP contribution in [0.2, 0.25) is 0 Å². The molecule has 1 N–H and O–H groups in total. The molecule has 0 spiro atoms. The molecule has 0 aromatic rings. The van der Waals surface area contributed by atoms with Crippen molar-refractivity contribution in [3.8, 4) is 0 Å². The molecule has 0 saturated carbocycles. The smallest absolute Gasteiger partial charge is 0.376 e. The first kappa shape index (κ1) is 25.6. The van der Waals surface area contributed by atoms with Crippen molar-refractivity contribution in [2.24, 2.45) is 11.8 Å². The van der Waals surface area contributed by atoms with E-state index < -0.39 is 47.6 Å². The third-order valence-corrected chi connectivity index (χ3v) is 5.19. The summed E-state index contributed by atoms with van der Waals surface area (Å²) < 4.78 is 4.84. The van der Waals surface area contributed by atoms with Crippen molar-refractivity contribution < 1.29 is 28.7 Å². The first-order valence-electron chi connectivity index (χ1n) is 10.6. The van der Waals surface area contributed by atoms with Crippen molar-refractivity contribution in [3.63, 3.8) is 0 Å². The third kappa shape index (κ3) is 6.03. The van der Waals surface area contributed by atoms with E-state index in [9.17, 15) is 24.0 Å². The highest BCUT2D eigenvalue weighted by Gasteiger charge is 2.45. The normalized spacial score (nSPS) is 18.2. The molecule has 0 aromatic heterocycles. The topological polar surface area (TPSA) is 113 Å². The van der Waals surface area contributed by atoms with E-state index in [1.807, 2.05) is 6.92 Å². The SMILES string of the molecule is CCOC(=O)C(=O)C(C(C)C)N(C(=O)[C@@H](NC(C)=O)C(C)C)C(=O)N1CCC[C@H]1C. The fourth-order valence-electron chi connectivity index (χ4n) is 3.63. The molecule has 170 valence electrons. The second kappa shape index (κ2) is 11.1. The van der Waals surface area contributed by atoms with E-state index in [1.54, 1.807) is 34.6 Å². The number of hydrogen-bond donors (Lipinski definition) is 1. The quantitative estimate of drug-likeness (QED) is 0.468. The Morgan fingerprint density at radius 3 is 2.10 bits per heavy atom. The molecule has 0 bridgehead atoms. The summed E-state index contributed by atoms with van der Waals surface area (Å²) in [6.07, 6.45) is 1.57. The fourth-order valence-corrected chi connectivity index (χ4v) is 3.63. The molecule has 1 unspecified atom stereocenters. The van der Waals surface area contributed by atoms with Gasteiger partial charge in [-0.15, -0.1) is 0 Å². The number of ether oxygens (including phenoxy) is 1. The van der Waals surface area contributed by atoms with Crippen LogP contribution in [0.15, 0.2) is 0 Å². The Kier molecular flexibility index (Phi) is 9.45. The molecule has 1 aliphatic rings. The van der Waals surface area contributed by atoms with E-state index in [-0.39, 0.29) is 18.6 Å². The monoisotopic (exact) mass is 425 g/mol. The highest BCUT2D eigenvalue weighted by atomic mass is 16.5. The van der Waals surface area contributed by atoms with Gasteiger partial charge in [0.05, 0.1) is 6.61 Å². The standard InChI is InChI=1S/C21H35N3O6/c1-8-30-20(28)18(26)17(13(4)5)24(21(29)23-11-9-10-14(23)6)19(27)16(12(2)3)22-15(7)25/h12-14,16-17H,8-11H2,1-7H3,(H,22,25)/t14-,16+,17?/m1/s1. The number of rotatable bonds is 8. The minimum absolute atomic E-state index is 0.000944. The lowest BCUT2D eigenvalue weighted by Gasteiger charge is -2.38. The maximum atomic E-state index is 13.5. The van der Waals surface area contributed by atoms with E-state index >= 15 is 0 Å². The zero-order valence-electron chi connectivity index (χ0n) is 19.1. The van der Waals surface area contributed by atoms with Gasteiger partial charge in [-0.1, -0.05) is 27.7 Å². The van der Waals surface area contributed by atoms with Gasteiger partial charge in [0.25, 0.3) is 11.7 Å². The summed E-state index contributed by atoms with van der Waals surface area (Å²) >= 11 is 0. The van der Waals surface area contributed by atoms with Crippen LogP contribution in [0, 0.1) is 11.8 Å². The lowest BCUT2D eigenvalue weighted by molar-refractivity contribution is -0.158. The van der Waals surface area contributed by atoms with Crippen molar-refractivity contribution in [2.45, 2.75) is 79.4 Å². The van der Waals surface area contributed by atoms with Gasteiger partial charge in [0.1, 0.15) is 12.1 Å². The Hall–Kier alpha value is -2.45. The van der Waals surface area contributed by atoms with Crippen molar-refractivity contribution in [1.29, 1.82) is 0 Å². The van der Waals surface area contributed by atoms with Gasteiger partial charge in [-0.25, -0.2) is 9.59 Å². The minimum Gasteiger partial charge on any atom is -0.460 e. The van der Waals surface area contributed by atoms with E-state index in [2.05, 4.69) is 5.32 Å². The van der Waals surface area contributed by atoms with Crippen LogP contribution >= 0.6 is 0 Å². The Bertz CT molecular complexity index is 676. The zero-order valence-corrected chi connectivity index (χ0v) is 19.1. The molecule has 3 atom stereocenters. The summed E-state index contributed by atoms with van der Waals surface area (Å²) in [7, 11) is 0. The van der Waals surface area contributed by atoms with E-state index in [1.165, 1.54) is 11.8 Å². The van der Waals surface area contributed by atoms with Gasteiger partial charge in [-0.3, -0.25) is 19.3 Å². The fraction of sp³-hybridized carbons (Fsp3) is 0.762. The second-order valence-electron chi connectivity index (χ2n) is 8.37. The highest BCUT2D eigenvalue weighted by molar-refractivity contribution is 6.36. The maximum Gasteiger partial charge on any atom is 0.376 e. The first-order chi connectivity index (χ1) is 13.9. The summed E-state index contributed by atoms with van der Waals surface area (Å²) in [5.41, 5.74) is 0. The van der Waals surface area contributed by atoms with Crippen molar-refractivity contribution in [3.05, 3.63) is 0 Å². The van der Waals surface area contributed by atoms with Crippen molar-refractivity contribution >= 4 is 29.6 Å². The van der Waals surface area contributed by atoms with Crippen LogP contribution in [0.3, 0.4) is 0 Å². The minimum atomic E-state index is -1.33. The molecule has 9 nitrogen and oxygen atoms in total. The third-order valence-electron chi connectivity index (χ3n) is 5.19. The number of imide groups is 1. The molecule has 4 amide bonds. The van der Waals surface area contributed by atoms with Crippen molar-refractivity contribution in [2.75, 3.05) is 13.2 Å². The van der Waals surface area contributed by atoms with Crippen LogP contribution in [0.5, 0.6) is 0 Å². The molecule has 1 saturated heterocycles. The average Bonchev–Trinajstić information content (AvgIpc) is 3.08. The predicted molar refractivity (Wildman–Crippen MR) is 110 cm³/mol. The Balaban J connectivity index is 3.47. The lowest BCUT2D eigenvalue weighted by atomic mass is 9.95. The number of likely N-dealkylation sites (tertiary alicyclic amines) is 1. The number of nitrogens with zero attached hydrogens (tertiary/aromatic N) is 2. The largest absolute Gasteiger partial charge is 0.460 e. The molecule has 1 fully saturated rings. The summed E-state index contributed by atoms with van der Waals surface area (Å²) in [6, 6.07) is -3.07. The molecule has 1 aliphatic heterocycles. The van der Waals surface area contributed by atoms with Crippen molar-refractivity contribution in [1.82, 2.24) is 15.1 Å². The summed E-state index contributed by atoms with van der Waals surface area (Å²) in [5, 5.41) is 2.57. The van der Waals surface area contributed by atoms with Crippen LogP contribution in [0.4, 0.5) is 4.79 Å². The molecule has 9 heteroatoms. The number of esters is 1. The van der Waals surface area contributed by atoms with Gasteiger partial charge in [-0.2, -0.15) is 0 Å². The van der Waals surface area contributed by atoms with E-state index in [0.29, 0.717) is 6.54 Å². The number of ketones is 1. The number of carbonyl (C=O) groups is 5. The van der Waals surface area contributed by atoms with Gasteiger partial charge < -0.3 is 15.0 Å². The lowest BCUT2D eigenvalue weighted by Crippen LogP contribution is -2.62. The number of nitrogens with one attached hydrogen (secondary N) is 1. The molecule has 0 aliphatic carbocycles. The molecule has 0 aromatic carbocycles. The molecular formula is C21H35N3O6. The number of Topliss-reactive ketones (excluding diaryl/α,β-unsaturated/α-hetero) is 1. The molecular weight excluding hydrogens is 390 g/mol.